The summed E-state index contributed by atoms with van der Waals surface area (Å²) in [6.07, 6.45) is 3.82. The fourth-order valence-electron chi connectivity index (χ4n) is 3.05. The number of hydrogen-bond donors (Lipinski definition) is 1. The molecule has 0 unspecified atom stereocenters. The van der Waals surface area contributed by atoms with Crippen LogP contribution in [0.1, 0.15) is 49.6 Å². The van der Waals surface area contributed by atoms with Crippen molar-refractivity contribution in [3.05, 3.63) is 59.4 Å². The van der Waals surface area contributed by atoms with E-state index >= 15 is 0 Å². The van der Waals surface area contributed by atoms with Crippen LogP contribution in [0.2, 0.25) is 0 Å². The number of pyridine rings is 1. The van der Waals surface area contributed by atoms with Crippen molar-refractivity contribution < 1.29 is 4.79 Å². The molecule has 1 amide bonds. The third kappa shape index (κ3) is 4.89. The lowest BCUT2D eigenvalue weighted by Crippen LogP contribution is -2.42. The first kappa shape index (κ1) is 19.1. The summed E-state index contributed by atoms with van der Waals surface area (Å²) in [5.41, 5.74) is 4.16. The van der Waals surface area contributed by atoms with E-state index in [-0.39, 0.29) is 18.0 Å². The van der Waals surface area contributed by atoms with Gasteiger partial charge in [0, 0.05) is 11.9 Å². The fourth-order valence-corrected chi connectivity index (χ4v) is 3.05. The minimum Gasteiger partial charge on any atom is -0.324 e. The van der Waals surface area contributed by atoms with Gasteiger partial charge in [-0.1, -0.05) is 37.1 Å². The zero-order valence-corrected chi connectivity index (χ0v) is 15.9. The first-order chi connectivity index (χ1) is 11.9. The second-order valence-electron chi connectivity index (χ2n) is 6.71. The van der Waals surface area contributed by atoms with Gasteiger partial charge in [0.15, 0.2) is 0 Å². The molecule has 0 aliphatic rings. The number of aryl methyl sites for hydroxylation is 2. The quantitative estimate of drug-likeness (QED) is 0.808. The Kier molecular flexibility index (Phi) is 6.71. The molecule has 0 saturated heterocycles. The van der Waals surface area contributed by atoms with Crippen LogP contribution in [0.3, 0.4) is 0 Å². The third-order valence-electron chi connectivity index (χ3n) is 4.71. The molecule has 0 fully saturated rings. The monoisotopic (exact) mass is 339 g/mol. The largest absolute Gasteiger partial charge is 0.324 e. The molecule has 1 heterocycles. The molecule has 1 aromatic heterocycles. The van der Waals surface area contributed by atoms with Crippen molar-refractivity contribution in [3.8, 4) is 0 Å². The number of amides is 1. The van der Waals surface area contributed by atoms with E-state index in [9.17, 15) is 4.79 Å². The third-order valence-corrected chi connectivity index (χ3v) is 4.71. The number of hydrogen-bond acceptors (Lipinski definition) is 3. The zero-order valence-electron chi connectivity index (χ0n) is 15.9. The smallest absolute Gasteiger partial charge is 0.241 e. The van der Waals surface area contributed by atoms with Gasteiger partial charge in [0.1, 0.15) is 0 Å². The van der Waals surface area contributed by atoms with Gasteiger partial charge in [-0.25, -0.2) is 0 Å². The molecule has 0 aliphatic heterocycles. The number of anilines is 1. The highest BCUT2D eigenvalue weighted by Gasteiger charge is 2.26. The Morgan fingerprint density at radius 3 is 2.60 bits per heavy atom. The van der Waals surface area contributed by atoms with Crippen LogP contribution in [-0.2, 0) is 4.79 Å². The van der Waals surface area contributed by atoms with Gasteiger partial charge in [-0.05, 0) is 58.0 Å². The molecule has 0 radical (unpaired) electrons. The Labute approximate surface area is 151 Å². The maximum absolute atomic E-state index is 12.8. The van der Waals surface area contributed by atoms with Crippen LogP contribution in [0.4, 0.5) is 5.69 Å². The van der Waals surface area contributed by atoms with E-state index in [2.05, 4.69) is 35.1 Å². The van der Waals surface area contributed by atoms with E-state index in [0.717, 1.165) is 29.8 Å². The van der Waals surface area contributed by atoms with Gasteiger partial charge in [-0.15, -0.1) is 0 Å². The van der Waals surface area contributed by atoms with Crippen molar-refractivity contribution >= 4 is 11.6 Å². The summed E-state index contributed by atoms with van der Waals surface area (Å²) >= 11 is 0. The summed E-state index contributed by atoms with van der Waals surface area (Å²) < 4.78 is 0. The average molecular weight is 339 g/mol. The molecule has 4 heteroatoms. The number of nitrogens with one attached hydrogen (secondary N) is 1. The predicted octanol–water partition coefficient (Wildman–Crippen LogP) is 4.50. The van der Waals surface area contributed by atoms with Gasteiger partial charge in [-0.2, -0.15) is 0 Å². The molecule has 134 valence electrons. The van der Waals surface area contributed by atoms with Gasteiger partial charge in [-0.3, -0.25) is 14.7 Å². The number of benzene rings is 1. The van der Waals surface area contributed by atoms with Gasteiger partial charge < -0.3 is 5.32 Å². The predicted molar refractivity (Wildman–Crippen MR) is 104 cm³/mol. The van der Waals surface area contributed by atoms with E-state index in [4.69, 9.17) is 0 Å². The van der Waals surface area contributed by atoms with Crippen molar-refractivity contribution in [1.82, 2.24) is 9.88 Å². The Morgan fingerprint density at radius 2 is 2.00 bits per heavy atom. The lowest BCUT2D eigenvalue weighted by atomic mass is 10.0. The highest BCUT2D eigenvalue weighted by Crippen LogP contribution is 2.25. The van der Waals surface area contributed by atoms with Crippen molar-refractivity contribution in [1.29, 1.82) is 0 Å². The standard InChI is InChI=1S/C21H29N3O/c1-6-9-20(19-10-7-8-13-22-19)24(5)17(4)21(25)23-18-12-11-15(2)14-16(18)3/h7-8,10-14,17,20H,6,9H2,1-5H3,(H,23,25)/t17-,20+/m1/s1. The SMILES string of the molecule is CCC[C@@H](c1ccccn1)N(C)[C@H](C)C(=O)Nc1ccc(C)cc1C. The maximum Gasteiger partial charge on any atom is 0.241 e. The molecule has 2 atom stereocenters. The van der Waals surface area contributed by atoms with Crippen LogP contribution < -0.4 is 5.32 Å². The maximum atomic E-state index is 12.8. The molecule has 0 spiro atoms. The lowest BCUT2D eigenvalue weighted by Gasteiger charge is -2.32. The Balaban J connectivity index is 2.13. The van der Waals surface area contributed by atoms with Gasteiger partial charge in [0.2, 0.25) is 5.91 Å². The highest BCUT2D eigenvalue weighted by molar-refractivity contribution is 5.95. The second kappa shape index (κ2) is 8.77. The topological polar surface area (TPSA) is 45.2 Å². The molecule has 2 aromatic rings. The molecule has 0 saturated carbocycles. The van der Waals surface area contributed by atoms with E-state index in [1.165, 1.54) is 5.56 Å². The summed E-state index contributed by atoms with van der Waals surface area (Å²) in [4.78, 5) is 19.4. The number of rotatable bonds is 7. The van der Waals surface area contributed by atoms with Gasteiger partial charge >= 0.3 is 0 Å². The van der Waals surface area contributed by atoms with Gasteiger partial charge in [0.05, 0.1) is 17.8 Å². The van der Waals surface area contributed by atoms with Crippen molar-refractivity contribution in [2.45, 2.75) is 52.6 Å². The molecule has 4 nitrogen and oxygen atoms in total. The Bertz CT molecular complexity index is 700. The second-order valence-corrected chi connectivity index (χ2v) is 6.71. The summed E-state index contributed by atoms with van der Waals surface area (Å²) in [7, 11) is 2.00. The van der Waals surface area contributed by atoms with Crippen LogP contribution in [-0.4, -0.2) is 28.9 Å². The van der Waals surface area contributed by atoms with E-state index < -0.39 is 0 Å². The number of carbonyl (C=O) groups is 1. The normalized spacial score (nSPS) is 13.5. The van der Waals surface area contributed by atoms with Crippen LogP contribution in [0.15, 0.2) is 42.6 Å². The van der Waals surface area contributed by atoms with E-state index in [0.29, 0.717) is 0 Å². The van der Waals surface area contributed by atoms with E-state index in [1.807, 2.05) is 57.4 Å². The Hall–Kier alpha value is -2.20. The molecule has 1 aromatic carbocycles. The minimum atomic E-state index is -0.251. The summed E-state index contributed by atoms with van der Waals surface area (Å²) in [5.74, 6) is 0.00601. The number of carbonyl (C=O) groups excluding carboxylic acids is 1. The van der Waals surface area contributed by atoms with Crippen LogP contribution in [0, 0.1) is 13.8 Å². The molecule has 25 heavy (non-hydrogen) atoms. The van der Waals surface area contributed by atoms with Crippen LogP contribution in [0.5, 0.6) is 0 Å². The Morgan fingerprint density at radius 1 is 1.24 bits per heavy atom. The van der Waals surface area contributed by atoms with E-state index in [1.54, 1.807) is 0 Å². The van der Waals surface area contributed by atoms with Crippen molar-refractivity contribution in [2.75, 3.05) is 12.4 Å². The highest BCUT2D eigenvalue weighted by atomic mass is 16.2. The summed E-state index contributed by atoms with van der Waals surface area (Å²) in [5, 5.41) is 3.07. The summed E-state index contributed by atoms with van der Waals surface area (Å²) in [6.45, 7) is 8.18. The lowest BCUT2D eigenvalue weighted by molar-refractivity contribution is -0.121. The fraction of sp³-hybridized carbons (Fsp3) is 0.429. The van der Waals surface area contributed by atoms with Crippen LogP contribution >= 0.6 is 0 Å². The molecule has 1 N–H and O–H groups in total. The average Bonchev–Trinajstić information content (AvgIpc) is 2.61. The number of likely N-dealkylation sites (N-methyl/N-ethyl adjacent to an activating group) is 1. The minimum absolute atomic E-state index is 0.00601. The first-order valence-corrected chi connectivity index (χ1v) is 8.95. The molecule has 0 aliphatic carbocycles. The molecule has 0 bridgehead atoms. The molecule has 2 rings (SSSR count). The zero-order chi connectivity index (χ0) is 18.4. The molecular formula is C21H29N3O. The van der Waals surface area contributed by atoms with Crippen molar-refractivity contribution in [3.63, 3.8) is 0 Å². The van der Waals surface area contributed by atoms with Crippen molar-refractivity contribution in [2.24, 2.45) is 0 Å². The summed E-state index contributed by atoms with van der Waals surface area (Å²) in [6, 6.07) is 11.9. The molecular weight excluding hydrogens is 310 g/mol. The van der Waals surface area contributed by atoms with Gasteiger partial charge in [0.25, 0.3) is 0 Å². The number of aromatic nitrogens is 1. The van der Waals surface area contributed by atoms with Crippen LogP contribution in [0.25, 0.3) is 0 Å². The number of nitrogens with zero attached hydrogens (tertiary/aromatic N) is 2. The first-order valence-electron chi connectivity index (χ1n) is 8.95.